The number of halogens is 1. The van der Waals surface area contributed by atoms with E-state index in [-0.39, 0.29) is 11.2 Å². The van der Waals surface area contributed by atoms with Gasteiger partial charge in [0.2, 0.25) is 0 Å². The maximum atomic E-state index is 13.6. The van der Waals surface area contributed by atoms with Gasteiger partial charge in [0.05, 0.1) is 10.7 Å². The molecule has 0 aliphatic rings. The first-order valence-corrected chi connectivity index (χ1v) is 9.41. The van der Waals surface area contributed by atoms with Crippen LogP contribution in [0, 0.1) is 5.82 Å². The molecule has 1 heterocycles. The zero-order valence-corrected chi connectivity index (χ0v) is 16.2. The molecule has 0 atom stereocenters. The van der Waals surface area contributed by atoms with Gasteiger partial charge in [-0.2, -0.15) is 0 Å². The first-order valence-electron chi connectivity index (χ1n) is 8.53. The van der Waals surface area contributed by atoms with Crippen LogP contribution in [0.3, 0.4) is 0 Å². The Bertz CT molecular complexity index is 703. The Labute approximate surface area is 153 Å². The second-order valence-electron chi connectivity index (χ2n) is 6.89. The monoisotopic (exact) mass is 362 g/mol. The molecule has 0 amide bonds. The summed E-state index contributed by atoms with van der Waals surface area (Å²) in [6, 6.07) is 6.85. The van der Waals surface area contributed by atoms with Gasteiger partial charge >= 0.3 is 0 Å². The summed E-state index contributed by atoms with van der Waals surface area (Å²) in [7, 11) is 1.74. The predicted molar refractivity (Wildman–Crippen MR) is 104 cm³/mol. The molecule has 136 valence electrons. The molecule has 4 nitrogen and oxygen atoms in total. The van der Waals surface area contributed by atoms with Crippen LogP contribution in [0.15, 0.2) is 34.6 Å². The van der Waals surface area contributed by atoms with Crippen LogP contribution in [-0.4, -0.2) is 31.1 Å². The van der Waals surface area contributed by atoms with Gasteiger partial charge in [-0.3, -0.25) is 4.99 Å². The van der Waals surface area contributed by atoms with E-state index in [0.29, 0.717) is 18.5 Å². The van der Waals surface area contributed by atoms with Gasteiger partial charge in [0.15, 0.2) is 5.96 Å². The SMILES string of the molecule is CN=C(NCCc1nc(C(C)(C)C)cs1)NCCc1ccccc1F. The van der Waals surface area contributed by atoms with Crippen LogP contribution in [0.1, 0.15) is 37.0 Å². The molecule has 0 saturated heterocycles. The van der Waals surface area contributed by atoms with E-state index in [4.69, 9.17) is 4.98 Å². The average Bonchev–Trinajstić information content (AvgIpc) is 3.04. The number of aromatic nitrogens is 1. The number of hydrogen-bond donors (Lipinski definition) is 2. The molecule has 25 heavy (non-hydrogen) atoms. The van der Waals surface area contributed by atoms with E-state index in [9.17, 15) is 4.39 Å². The number of guanidine groups is 1. The highest BCUT2D eigenvalue weighted by Gasteiger charge is 2.17. The van der Waals surface area contributed by atoms with E-state index >= 15 is 0 Å². The van der Waals surface area contributed by atoms with Crippen molar-refractivity contribution in [1.82, 2.24) is 15.6 Å². The molecule has 0 aliphatic carbocycles. The smallest absolute Gasteiger partial charge is 0.191 e. The van der Waals surface area contributed by atoms with Crippen molar-refractivity contribution in [2.45, 2.75) is 39.0 Å². The molecular weight excluding hydrogens is 335 g/mol. The first kappa shape index (κ1) is 19.4. The molecule has 6 heteroatoms. The average molecular weight is 363 g/mol. The zero-order valence-electron chi connectivity index (χ0n) is 15.4. The lowest BCUT2D eigenvalue weighted by atomic mass is 9.93. The van der Waals surface area contributed by atoms with Crippen LogP contribution >= 0.6 is 11.3 Å². The van der Waals surface area contributed by atoms with Crippen molar-refractivity contribution in [2.24, 2.45) is 4.99 Å². The number of benzene rings is 1. The van der Waals surface area contributed by atoms with Crippen molar-refractivity contribution in [3.05, 3.63) is 51.7 Å². The van der Waals surface area contributed by atoms with E-state index in [1.165, 1.54) is 6.07 Å². The Kier molecular flexibility index (Phi) is 6.93. The molecule has 0 saturated carbocycles. The highest BCUT2D eigenvalue weighted by molar-refractivity contribution is 7.09. The maximum absolute atomic E-state index is 13.6. The highest BCUT2D eigenvalue weighted by Crippen LogP contribution is 2.23. The summed E-state index contributed by atoms with van der Waals surface area (Å²) in [6.45, 7) is 7.91. The largest absolute Gasteiger partial charge is 0.356 e. The number of thiazole rings is 1. The fourth-order valence-electron chi connectivity index (χ4n) is 2.30. The number of rotatable bonds is 6. The van der Waals surface area contributed by atoms with Gasteiger partial charge in [-0.25, -0.2) is 9.37 Å². The summed E-state index contributed by atoms with van der Waals surface area (Å²) >= 11 is 1.70. The fourth-order valence-corrected chi connectivity index (χ4v) is 3.32. The second-order valence-corrected chi connectivity index (χ2v) is 7.84. The third-order valence-electron chi connectivity index (χ3n) is 3.82. The summed E-state index contributed by atoms with van der Waals surface area (Å²) in [5.74, 6) is 0.564. The molecule has 0 radical (unpaired) electrons. The minimum Gasteiger partial charge on any atom is -0.356 e. The molecule has 2 N–H and O–H groups in total. The lowest BCUT2D eigenvalue weighted by molar-refractivity contribution is 0.570. The van der Waals surface area contributed by atoms with E-state index in [0.717, 1.165) is 29.6 Å². The van der Waals surface area contributed by atoms with Crippen LogP contribution in [0.25, 0.3) is 0 Å². The molecule has 1 aromatic heterocycles. The van der Waals surface area contributed by atoms with Crippen LogP contribution in [0.2, 0.25) is 0 Å². The lowest BCUT2D eigenvalue weighted by Gasteiger charge is -2.14. The van der Waals surface area contributed by atoms with Gasteiger partial charge in [0.1, 0.15) is 5.82 Å². The van der Waals surface area contributed by atoms with Crippen molar-refractivity contribution < 1.29 is 4.39 Å². The highest BCUT2D eigenvalue weighted by atomic mass is 32.1. The maximum Gasteiger partial charge on any atom is 0.191 e. The summed E-state index contributed by atoms with van der Waals surface area (Å²) in [5, 5.41) is 9.75. The topological polar surface area (TPSA) is 49.3 Å². The molecule has 1 aromatic carbocycles. The second kappa shape index (κ2) is 8.94. The molecule has 2 aromatic rings. The van der Waals surface area contributed by atoms with Crippen molar-refractivity contribution >= 4 is 17.3 Å². The predicted octanol–water partition coefficient (Wildman–Crippen LogP) is 3.53. The van der Waals surface area contributed by atoms with Gasteiger partial charge in [0.25, 0.3) is 0 Å². The first-order chi connectivity index (χ1) is 11.9. The molecule has 0 unspecified atom stereocenters. The Morgan fingerprint density at radius 3 is 2.44 bits per heavy atom. The molecular formula is C19H27FN4S. The Balaban J connectivity index is 1.73. The third-order valence-corrected chi connectivity index (χ3v) is 4.73. The van der Waals surface area contributed by atoms with Crippen LogP contribution in [-0.2, 0) is 18.3 Å². The quantitative estimate of drug-likeness (QED) is 0.610. The fraction of sp³-hybridized carbons (Fsp3) is 0.474. The molecule has 0 spiro atoms. The standard InChI is InChI=1S/C19H27FN4S/c1-19(2,3)16-13-25-17(24-16)10-12-23-18(21-4)22-11-9-14-7-5-6-8-15(14)20/h5-8,13H,9-12H2,1-4H3,(H2,21,22,23). The molecule has 0 fully saturated rings. The van der Waals surface area contributed by atoms with Crippen molar-refractivity contribution in [1.29, 1.82) is 0 Å². The Morgan fingerprint density at radius 2 is 1.84 bits per heavy atom. The summed E-state index contributed by atoms with van der Waals surface area (Å²) < 4.78 is 13.6. The number of nitrogens with one attached hydrogen (secondary N) is 2. The number of nitrogens with zero attached hydrogens (tertiary/aromatic N) is 2. The van der Waals surface area contributed by atoms with Gasteiger partial charge in [-0.15, -0.1) is 11.3 Å². The van der Waals surface area contributed by atoms with Crippen molar-refractivity contribution in [3.63, 3.8) is 0 Å². The van der Waals surface area contributed by atoms with E-state index in [1.54, 1.807) is 24.5 Å². The van der Waals surface area contributed by atoms with Crippen LogP contribution in [0.5, 0.6) is 0 Å². The Hall–Kier alpha value is -1.95. The number of aliphatic imine (C=N–C) groups is 1. The van der Waals surface area contributed by atoms with Crippen molar-refractivity contribution in [3.8, 4) is 0 Å². The molecule has 0 bridgehead atoms. The summed E-state index contributed by atoms with van der Waals surface area (Å²) in [5.41, 5.74) is 1.94. The van der Waals surface area contributed by atoms with Gasteiger partial charge < -0.3 is 10.6 Å². The van der Waals surface area contributed by atoms with E-state index in [2.05, 4.69) is 41.8 Å². The molecule has 0 aliphatic heterocycles. The van der Waals surface area contributed by atoms with Gasteiger partial charge in [-0.05, 0) is 18.1 Å². The van der Waals surface area contributed by atoms with Crippen LogP contribution in [0.4, 0.5) is 4.39 Å². The zero-order chi connectivity index (χ0) is 18.3. The number of hydrogen-bond acceptors (Lipinski definition) is 3. The summed E-state index contributed by atoms with van der Waals surface area (Å²) in [4.78, 5) is 8.89. The van der Waals surface area contributed by atoms with Crippen molar-refractivity contribution in [2.75, 3.05) is 20.1 Å². The lowest BCUT2D eigenvalue weighted by Crippen LogP contribution is -2.39. The minimum atomic E-state index is -0.161. The van der Waals surface area contributed by atoms with Gasteiger partial charge in [-0.1, -0.05) is 39.0 Å². The minimum absolute atomic E-state index is 0.0898. The van der Waals surface area contributed by atoms with Gasteiger partial charge in [0, 0.05) is 37.4 Å². The van der Waals surface area contributed by atoms with E-state index in [1.807, 2.05) is 12.1 Å². The van der Waals surface area contributed by atoms with Crippen LogP contribution < -0.4 is 10.6 Å². The normalized spacial score (nSPS) is 12.3. The van der Waals surface area contributed by atoms with E-state index < -0.39 is 0 Å². The molecule has 2 rings (SSSR count). The third kappa shape index (κ3) is 6.12. The Morgan fingerprint density at radius 1 is 1.16 bits per heavy atom. The summed E-state index contributed by atoms with van der Waals surface area (Å²) in [6.07, 6.45) is 1.48.